The summed E-state index contributed by atoms with van der Waals surface area (Å²) in [4.78, 5) is 8.36. The van der Waals surface area contributed by atoms with Crippen LogP contribution in [0.5, 0.6) is 0 Å². The van der Waals surface area contributed by atoms with Crippen molar-refractivity contribution >= 4 is 6.47 Å². The summed E-state index contributed by atoms with van der Waals surface area (Å²) in [5.41, 5.74) is 0. The molecule has 0 heterocycles. The largest absolute Gasteiger partial charge is 0.483 e. The van der Waals surface area contributed by atoms with Crippen LogP contribution in [0.1, 0.15) is 12.8 Å². The first-order chi connectivity index (χ1) is 4.41. The molecule has 0 saturated heterocycles. The van der Waals surface area contributed by atoms with Crippen LogP contribution in [0.15, 0.2) is 24.3 Å². The van der Waals surface area contributed by atoms with Gasteiger partial charge in [-0.2, -0.15) is 0 Å². The minimum Gasteiger partial charge on any atom is -0.483 e. The maximum atomic E-state index is 8.36. The van der Waals surface area contributed by atoms with E-state index in [4.69, 9.17) is 9.90 Å². The fourth-order valence-corrected chi connectivity index (χ4v) is 0.542. The Morgan fingerprint density at radius 2 is 1.56 bits per heavy atom. The highest BCUT2D eigenvalue weighted by molar-refractivity contribution is 5.32. The van der Waals surface area contributed by atoms with Crippen LogP contribution in [-0.2, 0) is 4.79 Å². The van der Waals surface area contributed by atoms with Crippen molar-refractivity contribution in [1.29, 1.82) is 0 Å². The monoisotopic (exact) mass is 126 g/mol. The Labute approximate surface area is 54.5 Å². The first-order valence-electron chi connectivity index (χ1n) is 2.81. The predicted octanol–water partition coefficient (Wildman–Crippen LogP) is 1.59. The maximum Gasteiger partial charge on any atom is 0.290 e. The third-order valence-corrected chi connectivity index (χ3v) is 0.883. The third kappa shape index (κ3) is 6.95. The molecular weight excluding hydrogens is 116 g/mol. The van der Waals surface area contributed by atoms with E-state index in [-0.39, 0.29) is 6.47 Å². The van der Waals surface area contributed by atoms with Crippen LogP contribution in [-0.4, -0.2) is 11.6 Å². The Balaban J connectivity index is 0.000000187. The fraction of sp³-hybridized carbons (Fsp3) is 0.286. The molecule has 2 heteroatoms. The number of rotatable bonds is 0. The van der Waals surface area contributed by atoms with Gasteiger partial charge in [0.1, 0.15) is 0 Å². The molecule has 0 aromatic heterocycles. The second kappa shape index (κ2) is 6.95. The van der Waals surface area contributed by atoms with Gasteiger partial charge in [-0.1, -0.05) is 24.3 Å². The standard InChI is InChI=1S/C6H8.CH2O2/c1-2-4-6-5-3-1;2-1-3/h1-4H,5-6H2;1H,(H,2,3). The lowest BCUT2D eigenvalue weighted by molar-refractivity contribution is -0.122. The lowest BCUT2D eigenvalue weighted by Gasteiger charge is -1.88. The SMILES string of the molecule is C1=CCCC=C1.O=CO. The normalized spacial score (nSPS) is 13.8. The molecule has 0 fully saturated rings. The van der Waals surface area contributed by atoms with E-state index in [1.54, 1.807) is 0 Å². The van der Waals surface area contributed by atoms with Gasteiger partial charge >= 0.3 is 0 Å². The number of hydrogen-bond acceptors (Lipinski definition) is 1. The van der Waals surface area contributed by atoms with Crippen LogP contribution < -0.4 is 0 Å². The summed E-state index contributed by atoms with van der Waals surface area (Å²) >= 11 is 0. The van der Waals surface area contributed by atoms with Gasteiger partial charge in [0.2, 0.25) is 0 Å². The number of carboxylic acid groups (broad SMARTS) is 1. The zero-order valence-corrected chi connectivity index (χ0v) is 5.16. The molecule has 0 atom stereocenters. The minimum atomic E-state index is -0.250. The smallest absolute Gasteiger partial charge is 0.290 e. The first kappa shape index (κ1) is 7.95. The molecule has 0 bridgehead atoms. The third-order valence-electron chi connectivity index (χ3n) is 0.883. The molecule has 1 rings (SSSR count). The molecule has 2 nitrogen and oxygen atoms in total. The zero-order valence-electron chi connectivity index (χ0n) is 5.16. The minimum absolute atomic E-state index is 0.250. The lowest BCUT2D eigenvalue weighted by Crippen LogP contribution is -1.67. The molecule has 0 aromatic carbocycles. The van der Waals surface area contributed by atoms with E-state index < -0.39 is 0 Å². The van der Waals surface area contributed by atoms with Crippen molar-refractivity contribution < 1.29 is 9.90 Å². The molecular formula is C7H10O2. The molecule has 0 spiro atoms. The molecule has 1 N–H and O–H groups in total. The zero-order chi connectivity index (χ0) is 6.95. The Morgan fingerprint density at radius 1 is 1.22 bits per heavy atom. The van der Waals surface area contributed by atoms with E-state index in [0.717, 1.165) is 0 Å². The van der Waals surface area contributed by atoms with Crippen molar-refractivity contribution in [3.63, 3.8) is 0 Å². The molecule has 0 saturated carbocycles. The van der Waals surface area contributed by atoms with Crippen LogP contribution in [0, 0.1) is 0 Å². The van der Waals surface area contributed by atoms with E-state index in [0.29, 0.717) is 0 Å². The average Bonchev–Trinajstić information content (AvgIpc) is 1.93. The molecule has 50 valence electrons. The summed E-state index contributed by atoms with van der Waals surface area (Å²) in [6.07, 6.45) is 11.0. The van der Waals surface area contributed by atoms with E-state index in [1.807, 2.05) is 0 Å². The molecule has 0 aliphatic heterocycles. The first-order valence-corrected chi connectivity index (χ1v) is 2.81. The maximum absolute atomic E-state index is 8.36. The molecule has 0 amide bonds. The molecule has 1 aliphatic carbocycles. The van der Waals surface area contributed by atoms with Gasteiger partial charge in [-0.15, -0.1) is 0 Å². The lowest BCUT2D eigenvalue weighted by atomic mass is 10.2. The van der Waals surface area contributed by atoms with E-state index in [9.17, 15) is 0 Å². The van der Waals surface area contributed by atoms with Gasteiger partial charge in [0.05, 0.1) is 0 Å². The second-order valence-corrected chi connectivity index (χ2v) is 1.54. The van der Waals surface area contributed by atoms with Crippen molar-refractivity contribution in [2.45, 2.75) is 12.8 Å². The van der Waals surface area contributed by atoms with E-state index >= 15 is 0 Å². The van der Waals surface area contributed by atoms with Crippen LogP contribution in [0.2, 0.25) is 0 Å². The Morgan fingerprint density at radius 3 is 1.67 bits per heavy atom. The average molecular weight is 126 g/mol. The molecule has 9 heavy (non-hydrogen) atoms. The quantitative estimate of drug-likeness (QED) is 0.500. The summed E-state index contributed by atoms with van der Waals surface area (Å²) in [5, 5.41) is 6.89. The summed E-state index contributed by atoms with van der Waals surface area (Å²) in [7, 11) is 0. The van der Waals surface area contributed by atoms with E-state index in [2.05, 4.69) is 24.3 Å². The Bertz CT molecular complexity index is 102. The van der Waals surface area contributed by atoms with Crippen LogP contribution >= 0.6 is 0 Å². The molecule has 0 radical (unpaired) electrons. The van der Waals surface area contributed by atoms with Crippen molar-refractivity contribution in [3.8, 4) is 0 Å². The van der Waals surface area contributed by atoms with Crippen molar-refractivity contribution in [1.82, 2.24) is 0 Å². The highest BCUT2D eigenvalue weighted by atomic mass is 16.3. The van der Waals surface area contributed by atoms with Crippen molar-refractivity contribution in [2.24, 2.45) is 0 Å². The Hall–Kier alpha value is -1.05. The predicted molar refractivity (Wildman–Crippen MR) is 36.2 cm³/mol. The molecule has 1 aliphatic rings. The molecule has 0 aromatic rings. The van der Waals surface area contributed by atoms with Crippen LogP contribution in [0.25, 0.3) is 0 Å². The van der Waals surface area contributed by atoms with Crippen molar-refractivity contribution in [3.05, 3.63) is 24.3 Å². The van der Waals surface area contributed by atoms with Gasteiger partial charge in [-0.3, -0.25) is 4.79 Å². The number of allylic oxidation sites excluding steroid dienone is 4. The fourth-order valence-electron chi connectivity index (χ4n) is 0.542. The van der Waals surface area contributed by atoms with Gasteiger partial charge < -0.3 is 5.11 Å². The Kier molecular flexibility index (Phi) is 6.14. The van der Waals surface area contributed by atoms with Crippen LogP contribution in [0.3, 0.4) is 0 Å². The van der Waals surface area contributed by atoms with Gasteiger partial charge in [-0.05, 0) is 12.8 Å². The van der Waals surface area contributed by atoms with Gasteiger partial charge in [0, 0.05) is 0 Å². The molecule has 0 unspecified atom stereocenters. The van der Waals surface area contributed by atoms with Gasteiger partial charge in [0.25, 0.3) is 6.47 Å². The van der Waals surface area contributed by atoms with Crippen LogP contribution in [0.4, 0.5) is 0 Å². The summed E-state index contributed by atoms with van der Waals surface area (Å²) in [6, 6.07) is 0. The van der Waals surface area contributed by atoms with Gasteiger partial charge in [-0.25, -0.2) is 0 Å². The van der Waals surface area contributed by atoms with E-state index in [1.165, 1.54) is 12.8 Å². The topological polar surface area (TPSA) is 37.3 Å². The van der Waals surface area contributed by atoms with Crippen molar-refractivity contribution in [2.75, 3.05) is 0 Å². The highest BCUT2D eigenvalue weighted by Gasteiger charge is 1.77. The number of carbonyl (C=O) groups is 1. The van der Waals surface area contributed by atoms with Gasteiger partial charge in [0.15, 0.2) is 0 Å². The second-order valence-electron chi connectivity index (χ2n) is 1.54. The summed E-state index contributed by atoms with van der Waals surface area (Å²) in [5.74, 6) is 0. The number of hydrogen-bond donors (Lipinski definition) is 1. The summed E-state index contributed by atoms with van der Waals surface area (Å²) in [6.45, 7) is -0.250. The summed E-state index contributed by atoms with van der Waals surface area (Å²) < 4.78 is 0. The highest BCUT2D eigenvalue weighted by Crippen LogP contribution is 1.98.